The van der Waals surface area contributed by atoms with Crippen molar-refractivity contribution in [2.24, 2.45) is 0 Å². The van der Waals surface area contributed by atoms with Crippen molar-refractivity contribution in [3.8, 4) is 11.8 Å². The Bertz CT molecular complexity index is 734. The van der Waals surface area contributed by atoms with Gasteiger partial charge in [0.25, 0.3) is 0 Å². The van der Waals surface area contributed by atoms with Crippen molar-refractivity contribution in [1.82, 2.24) is 0 Å². The number of aryl methyl sites for hydroxylation is 1. The van der Waals surface area contributed by atoms with Gasteiger partial charge in [0.2, 0.25) is 0 Å². The van der Waals surface area contributed by atoms with Gasteiger partial charge in [0.05, 0.1) is 6.61 Å². The number of benzene rings is 2. The number of hydrogen-bond donors (Lipinski definition) is 0. The minimum Gasteiger partial charge on any atom is -0.361 e. The van der Waals surface area contributed by atoms with Crippen LogP contribution < -0.4 is 0 Å². The molecule has 0 aliphatic heterocycles. The minimum absolute atomic E-state index is 0.0326. The van der Waals surface area contributed by atoms with Crippen LogP contribution in [0.3, 0.4) is 0 Å². The molecule has 0 fully saturated rings. The molecular weight excluding hydrogens is 340 g/mol. The molecule has 0 saturated heterocycles. The van der Waals surface area contributed by atoms with Gasteiger partial charge in [-0.15, -0.1) is 5.92 Å². The molecule has 2 aromatic carbocycles. The Kier molecular flexibility index (Phi) is 10.8. The van der Waals surface area contributed by atoms with E-state index in [2.05, 4.69) is 86.4 Å². The molecule has 148 valence electrons. The van der Waals surface area contributed by atoms with Gasteiger partial charge in [-0.25, -0.2) is 0 Å². The van der Waals surface area contributed by atoms with Crippen LogP contribution in [0, 0.1) is 11.8 Å². The second kappa shape index (κ2) is 13.8. The highest BCUT2D eigenvalue weighted by Crippen LogP contribution is 2.13. The smallest absolute Gasteiger partial charge is 0.122 e. The molecule has 1 unspecified atom stereocenters. The minimum atomic E-state index is -0.0326. The quantitative estimate of drug-likeness (QED) is 0.231. The van der Waals surface area contributed by atoms with Crippen molar-refractivity contribution in [3.05, 3.63) is 83.4 Å². The van der Waals surface area contributed by atoms with Crippen LogP contribution in [-0.4, -0.2) is 6.10 Å². The predicted octanol–water partition coefficient (Wildman–Crippen LogP) is 7.12. The normalized spacial score (nSPS) is 12.3. The molecule has 0 N–H and O–H groups in total. The van der Waals surface area contributed by atoms with E-state index in [-0.39, 0.29) is 6.10 Å². The van der Waals surface area contributed by atoms with Crippen LogP contribution in [0.2, 0.25) is 0 Å². The molecule has 0 bridgehead atoms. The predicted molar refractivity (Wildman–Crippen MR) is 120 cm³/mol. The van der Waals surface area contributed by atoms with Gasteiger partial charge in [-0.3, -0.25) is 0 Å². The molecule has 0 aliphatic carbocycles. The van der Waals surface area contributed by atoms with Crippen LogP contribution in [-0.2, 0) is 17.8 Å². The molecule has 2 aromatic rings. The first-order valence-electron chi connectivity index (χ1n) is 10.6. The van der Waals surface area contributed by atoms with Crippen molar-refractivity contribution < 1.29 is 4.74 Å². The standard InChI is InChI=1S/C27H34O/c1-3-4-5-6-13-21-27(28-23-26-18-11-8-12-19-26)22-24(2)15-14-20-25-16-9-7-10-17-25/h7-12,15-19,27H,3-6,14,20,22-23H2,1-2H3/b24-15-. The molecule has 0 spiro atoms. The maximum absolute atomic E-state index is 6.16. The first-order chi connectivity index (χ1) is 13.8. The van der Waals surface area contributed by atoms with Crippen LogP contribution in [0.25, 0.3) is 0 Å². The van der Waals surface area contributed by atoms with Gasteiger partial charge in [0.15, 0.2) is 0 Å². The second-order valence-electron chi connectivity index (χ2n) is 7.34. The largest absolute Gasteiger partial charge is 0.361 e. The maximum Gasteiger partial charge on any atom is 0.122 e. The van der Waals surface area contributed by atoms with Crippen molar-refractivity contribution in [1.29, 1.82) is 0 Å². The molecule has 1 nitrogen and oxygen atoms in total. The third-order valence-corrected chi connectivity index (χ3v) is 4.74. The molecule has 0 amide bonds. The fourth-order valence-electron chi connectivity index (χ4n) is 3.08. The lowest BCUT2D eigenvalue weighted by Crippen LogP contribution is -2.11. The number of hydrogen-bond acceptors (Lipinski definition) is 1. The summed E-state index contributed by atoms with van der Waals surface area (Å²) < 4.78 is 6.16. The SMILES string of the molecule is CCCCCC#CC(C/C(C)=C\CCc1ccccc1)OCc1ccccc1. The molecule has 0 radical (unpaired) electrons. The Hall–Kier alpha value is -2.30. The van der Waals surface area contributed by atoms with Gasteiger partial charge in [-0.05, 0) is 37.3 Å². The van der Waals surface area contributed by atoms with Crippen LogP contribution in [0.5, 0.6) is 0 Å². The van der Waals surface area contributed by atoms with E-state index in [1.54, 1.807) is 0 Å². The van der Waals surface area contributed by atoms with Gasteiger partial charge in [0.1, 0.15) is 6.10 Å². The zero-order chi connectivity index (χ0) is 19.9. The van der Waals surface area contributed by atoms with E-state index in [1.165, 1.54) is 36.0 Å². The highest BCUT2D eigenvalue weighted by molar-refractivity contribution is 5.17. The van der Waals surface area contributed by atoms with Gasteiger partial charge in [0, 0.05) is 12.8 Å². The molecular formula is C27H34O. The Labute approximate surface area is 171 Å². The van der Waals surface area contributed by atoms with Crippen molar-refractivity contribution in [2.45, 2.75) is 71.5 Å². The zero-order valence-electron chi connectivity index (χ0n) is 17.5. The molecule has 0 aromatic heterocycles. The Morgan fingerprint density at radius 1 is 0.964 bits per heavy atom. The number of allylic oxidation sites excluding steroid dienone is 1. The Morgan fingerprint density at radius 3 is 2.32 bits per heavy atom. The molecule has 2 rings (SSSR count). The Balaban J connectivity index is 1.87. The number of unbranched alkanes of at least 4 members (excludes halogenated alkanes) is 3. The van der Waals surface area contributed by atoms with Crippen LogP contribution >= 0.6 is 0 Å². The molecule has 0 aliphatic rings. The Morgan fingerprint density at radius 2 is 1.64 bits per heavy atom. The van der Waals surface area contributed by atoms with Crippen LogP contribution in [0.15, 0.2) is 72.3 Å². The lowest BCUT2D eigenvalue weighted by molar-refractivity contribution is 0.0783. The van der Waals surface area contributed by atoms with E-state index in [4.69, 9.17) is 4.74 Å². The summed E-state index contributed by atoms with van der Waals surface area (Å²) in [6, 6.07) is 21.0. The number of rotatable bonds is 11. The van der Waals surface area contributed by atoms with E-state index in [0.717, 1.165) is 25.7 Å². The van der Waals surface area contributed by atoms with E-state index in [1.807, 2.05) is 6.07 Å². The number of ether oxygens (including phenoxy) is 1. The molecule has 0 saturated carbocycles. The van der Waals surface area contributed by atoms with Crippen molar-refractivity contribution in [3.63, 3.8) is 0 Å². The third kappa shape index (κ3) is 9.58. The van der Waals surface area contributed by atoms with E-state index < -0.39 is 0 Å². The van der Waals surface area contributed by atoms with Gasteiger partial charge < -0.3 is 4.74 Å². The zero-order valence-corrected chi connectivity index (χ0v) is 17.5. The fraction of sp³-hybridized carbons (Fsp3) is 0.407. The van der Waals surface area contributed by atoms with Crippen LogP contribution in [0.1, 0.15) is 63.5 Å². The summed E-state index contributed by atoms with van der Waals surface area (Å²) in [5.74, 6) is 6.72. The lowest BCUT2D eigenvalue weighted by atomic mass is 10.0. The average Bonchev–Trinajstić information content (AvgIpc) is 2.73. The van der Waals surface area contributed by atoms with E-state index in [9.17, 15) is 0 Å². The monoisotopic (exact) mass is 374 g/mol. The summed E-state index contributed by atoms with van der Waals surface area (Å²) in [4.78, 5) is 0. The van der Waals surface area contributed by atoms with Crippen molar-refractivity contribution in [2.75, 3.05) is 0 Å². The summed E-state index contributed by atoms with van der Waals surface area (Å²) in [7, 11) is 0. The second-order valence-corrected chi connectivity index (χ2v) is 7.34. The molecule has 1 atom stereocenters. The maximum atomic E-state index is 6.16. The summed E-state index contributed by atoms with van der Waals surface area (Å²) in [5.41, 5.74) is 3.95. The first-order valence-corrected chi connectivity index (χ1v) is 10.6. The highest BCUT2D eigenvalue weighted by Gasteiger charge is 2.07. The van der Waals surface area contributed by atoms with Gasteiger partial charge >= 0.3 is 0 Å². The fourth-order valence-corrected chi connectivity index (χ4v) is 3.08. The summed E-state index contributed by atoms with van der Waals surface area (Å²) in [6.45, 7) is 5.04. The lowest BCUT2D eigenvalue weighted by Gasteiger charge is -2.13. The molecule has 0 heterocycles. The van der Waals surface area contributed by atoms with Crippen LogP contribution in [0.4, 0.5) is 0 Å². The van der Waals surface area contributed by atoms with E-state index in [0.29, 0.717) is 6.61 Å². The highest BCUT2D eigenvalue weighted by atomic mass is 16.5. The summed E-state index contributed by atoms with van der Waals surface area (Å²) in [5, 5.41) is 0. The van der Waals surface area contributed by atoms with Crippen molar-refractivity contribution >= 4 is 0 Å². The van der Waals surface area contributed by atoms with E-state index >= 15 is 0 Å². The summed E-state index contributed by atoms with van der Waals surface area (Å²) >= 11 is 0. The average molecular weight is 375 g/mol. The first kappa shape index (κ1) is 22.0. The third-order valence-electron chi connectivity index (χ3n) is 4.74. The molecule has 1 heteroatoms. The summed E-state index contributed by atoms with van der Waals surface area (Å²) in [6.07, 6.45) is 9.96. The topological polar surface area (TPSA) is 9.23 Å². The molecule has 28 heavy (non-hydrogen) atoms. The van der Waals surface area contributed by atoms with Gasteiger partial charge in [-0.1, -0.05) is 98.0 Å². The van der Waals surface area contributed by atoms with Gasteiger partial charge in [-0.2, -0.15) is 0 Å².